The van der Waals surface area contributed by atoms with E-state index in [4.69, 9.17) is 5.26 Å². The Morgan fingerprint density at radius 2 is 1.78 bits per heavy atom. The molecule has 0 radical (unpaired) electrons. The van der Waals surface area contributed by atoms with Crippen molar-refractivity contribution in [3.05, 3.63) is 46.8 Å². The number of aryl methyl sites for hydroxylation is 2. The van der Waals surface area contributed by atoms with Crippen LogP contribution in [0.1, 0.15) is 29.4 Å². The molecule has 0 unspecified atom stereocenters. The van der Waals surface area contributed by atoms with Gasteiger partial charge in [-0.2, -0.15) is 10.5 Å². The first-order valence-electron chi connectivity index (χ1n) is 5.83. The summed E-state index contributed by atoms with van der Waals surface area (Å²) in [4.78, 5) is 3.25. The van der Waals surface area contributed by atoms with E-state index in [1.807, 2.05) is 19.1 Å². The summed E-state index contributed by atoms with van der Waals surface area (Å²) in [6.45, 7) is 3.96. The summed E-state index contributed by atoms with van der Waals surface area (Å²) >= 11 is 0. The van der Waals surface area contributed by atoms with Crippen LogP contribution in [0, 0.1) is 29.6 Å². The molecule has 1 aromatic heterocycles. The number of hydrogen-bond acceptors (Lipinski definition) is 2. The summed E-state index contributed by atoms with van der Waals surface area (Å²) < 4.78 is 0. The zero-order valence-corrected chi connectivity index (χ0v) is 10.4. The highest BCUT2D eigenvalue weighted by Gasteiger charge is 2.15. The zero-order chi connectivity index (χ0) is 13.1. The van der Waals surface area contributed by atoms with Crippen LogP contribution in [0.4, 0.5) is 0 Å². The van der Waals surface area contributed by atoms with Gasteiger partial charge in [-0.25, -0.2) is 0 Å². The molecule has 0 aliphatic rings. The van der Waals surface area contributed by atoms with E-state index < -0.39 is 0 Å². The Balaban J connectivity index is 2.63. The molecule has 2 aromatic rings. The van der Waals surface area contributed by atoms with Crippen molar-refractivity contribution in [1.82, 2.24) is 4.98 Å². The SMILES string of the molecule is CCc1[nH]c(C)c(C#N)c1-c1ccc(C#N)cc1. The normalized spacial score (nSPS) is 9.78. The summed E-state index contributed by atoms with van der Waals surface area (Å²) in [6, 6.07) is 11.7. The van der Waals surface area contributed by atoms with Crippen molar-refractivity contribution in [1.29, 1.82) is 10.5 Å². The van der Waals surface area contributed by atoms with Gasteiger partial charge in [0.15, 0.2) is 0 Å². The van der Waals surface area contributed by atoms with E-state index in [1.54, 1.807) is 12.1 Å². The fraction of sp³-hybridized carbons (Fsp3) is 0.200. The van der Waals surface area contributed by atoms with Crippen LogP contribution in [-0.4, -0.2) is 4.98 Å². The minimum atomic E-state index is 0.627. The van der Waals surface area contributed by atoms with Crippen LogP contribution in [0.25, 0.3) is 11.1 Å². The zero-order valence-electron chi connectivity index (χ0n) is 10.4. The molecule has 0 aliphatic heterocycles. The Bertz CT molecular complexity index is 649. The van der Waals surface area contributed by atoms with Crippen molar-refractivity contribution in [3.63, 3.8) is 0 Å². The van der Waals surface area contributed by atoms with E-state index in [-0.39, 0.29) is 0 Å². The molecule has 0 aliphatic carbocycles. The van der Waals surface area contributed by atoms with Gasteiger partial charge in [0.25, 0.3) is 0 Å². The molecule has 3 heteroatoms. The first-order valence-corrected chi connectivity index (χ1v) is 5.83. The Labute approximate surface area is 106 Å². The van der Waals surface area contributed by atoms with Crippen molar-refractivity contribution in [2.45, 2.75) is 20.3 Å². The highest BCUT2D eigenvalue weighted by molar-refractivity contribution is 5.75. The third-order valence-electron chi connectivity index (χ3n) is 3.03. The second kappa shape index (κ2) is 4.77. The summed E-state index contributed by atoms with van der Waals surface area (Å²) in [6.07, 6.45) is 0.845. The maximum Gasteiger partial charge on any atom is 0.102 e. The predicted octanol–water partition coefficient (Wildman–Crippen LogP) is 3.30. The molecule has 0 saturated heterocycles. The van der Waals surface area contributed by atoms with Crippen molar-refractivity contribution in [3.8, 4) is 23.3 Å². The second-order valence-corrected chi connectivity index (χ2v) is 4.13. The Morgan fingerprint density at radius 1 is 1.11 bits per heavy atom. The third-order valence-corrected chi connectivity index (χ3v) is 3.03. The van der Waals surface area contributed by atoms with E-state index in [2.05, 4.69) is 24.0 Å². The first-order chi connectivity index (χ1) is 8.71. The number of H-pyrrole nitrogens is 1. The molecule has 0 atom stereocenters. The highest BCUT2D eigenvalue weighted by atomic mass is 14.7. The maximum atomic E-state index is 9.25. The molecule has 0 amide bonds. The van der Waals surface area contributed by atoms with Gasteiger partial charge < -0.3 is 4.98 Å². The van der Waals surface area contributed by atoms with E-state index in [1.165, 1.54) is 0 Å². The quantitative estimate of drug-likeness (QED) is 0.868. The lowest BCUT2D eigenvalue weighted by Crippen LogP contribution is -1.87. The van der Waals surface area contributed by atoms with Crippen LogP contribution in [0.5, 0.6) is 0 Å². The number of hydrogen-bond donors (Lipinski definition) is 1. The fourth-order valence-corrected chi connectivity index (χ4v) is 2.12. The Kier molecular flexibility index (Phi) is 3.17. The molecule has 0 spiro atoms. The average Bonchev–Trinajstić information content (AvgIpc) is 2.74. The van der Waals surface area contributed by atoms with Gasteiger partial charge in [-0.3, -0.25) is 0 Å². The predicted molar refractivity (Wildman–Crippen MR) is 69.8 cm³/mol. The van der Waals surface area contributed by atoms with Gasteiger partial charge in [0.2, 0.25) is 0 Å². The molecule has 88 valence electrons. The largest absolute Gasteiger partial charge is 0.361 e. The minimum absolute atomic E-state index is 0.627. The summed E-state index contributed by atoms with van der Waals surface area (Å²) in [7, 11) is 0. The molecular formula is C15H13N3. The number of aromatic nitrogens is 1. The van der Waals surface area contributed by atoms with E-state index in [9.17, 15) is 5.26 Å². The van der Waals surface area contributed by atoms with Crippen LogP contribution < -0.4 is 0 Å². The lowest BCUT2D eigenvalue weighted by atomic mass is 9.99. The highest BCUT2D eigenvalue weighted by Crippen LogP contribution is 2.30. The van der Waals surface area contributed by atoms with Crippen LogP contribution in [0.3, 0.4) is 0 Å². The van der Waals surface area contributed by atoms with Gasteiger partial charge in [0, 0.05) is 17.0 Å². The fourth-order valence-electron chi connectivity index (χ4n) is 2.12. The van der Waals surface area contributed by atoms with E-state index in [0.717, 1.165) is 28.9 Å². The number of benzene rings is 1. The summed E-state index contributed by atoms with van der Waals surface area (Å²) in [5.41, 5.74) is 5.22. The average molecular weight is 235 g/mol. The molecule has 1 aromatic carbocycles. The van der Waals surface area contributed by atoms with Crippen molar-refractivity contribution in [2.24, 2.45) is 0 Å². The third kappa shape index (κ3) is 1.87. The van der Waals surface area contributed by atoms with Gasteiger partial charge in [-0.05, 0) is 31.0 Å². The molecular weight excluding hydrogens is 222 g/mol. The Hall–Kier alpha value is -2.52. The molecule has 3 nitrogen and oxygen atoms in total. The maximum absolute atomic E-state index is 9.25. The first kappa shape index (κ1) is 12.0. The summed E-state index contributed by atoms with van der Waals surface area (Å²) in [5, 5.41) is 18.0. The Morgan fingerprint density at radius 3 is 2.28 bits per heavy atom. The molecule has 0 saturated carbocycles. The standard InChI is InChI=1S/C15H13N3/c1-3-14-15(13(9-17)10(2)18-14)12-6-4-11(8-16)5-7-12/h4-7,18H,3H2,1-2H3. The van der Waals surface area contributed by atoms with Crippen LogP contribution >= 0.6 is 0 Å². The second-order valence-electron chi connectivity index (χ2n) is 4.13. The molecule has 1 heterocycles. The van der Waals surface area contributed by atoms with Crippen molar-refractivity contribution >= 4 is 0 Å². The van der Waals surface area contributed by atoms with Gasteiger partial charge in [0.1, 0.15) is 6.07 Å². The number of nitrogens with zero attached hydrogens (tertiary/aromatic N) is 2. The van der Waals surface area contributed by atoms with Gasteiger partial charge in [-0.1, -0.05) is 19.1 Å². The molecule has 1 N–H and O–H groups in total. The van der Waals surface area contributed by atoms with Crippen LogP contribution in [0.2, 0.25) is 0 Å². The van der Waals surface area contributed by atoms with Crippen molar-refractivity contribution < 1.29 is 0 Å². The van der Waals surface area contributed by atoms with Crippen molar-refractivity contribution in [2.75, 3.05) is 0 Å². The molecule has 0 fully saturated rings. The summed E-state index contributed by atoms with van der Waals surface area (Å²) in [5.74, 6) is 0. The molecule has 2 rings (SSSR count). The lowest BCUT2D eigenvalue weighted by Gasteiger charge is -2.03. The van der Waals surface area contributed by atoms with E-state index in [0.29, 0.717) is 11.1 Å². The smallest absolute Gasteiger partial charge is 0.102 e. The number of nitriles is 2. The minimum Gasteiger partial charge on any atom is -0.361 e. The van der Waals surface area contributed by atoms with Gasteiger partial charge in [-0.15, -0.1) is 0 Å². The van der Waals surface area contributed by atoms with E-state index >= 15 is 0 Å². The topological polar surface area (TPSA) is 63.4 Å². The lowest BCUT2D eigenvalue weighted by molar-refractivity contribution is 1.05. The van der Waals surface area contributed by atoms with Gasteiger partial charge >= 0.3 is 0 Å². The van der Waals surface area contributed by atoms with Gasteiger partial charge in [0.05, 0.1) is 17.2 Å². The monoisotopic (exact) mass is 235 g/mol. The van der Waals surface area contributed by atoms with Crippen LogP contribution in [0.15, 0.2) is 24.3 Å². The molecule has 0 bridgehead atoms. The number of nitrogens with one attached hydrogen (secondary N) is 1. The van der Waals surface area contributed by atoms with Crippen LogP contribution in [-0.2, 0) is 6.42 Å². The number of rotatable bonds is 2. The number of aromatic amines is 1. The molecule has 18 heavy (non-hydrogen) atoms.